The third kappa shape index (κ3) is 4.66. The second kappa shape index (κ2) is 7.10. The Hall–Kier alpha value is -0.810. The highest BCUT2D eigenvalue weighted by Gasteiger charge is 2.18. The molecule has 1 aliphatic rings. The molecule has 1 atom stereocenters. The van der Waals surface area contributed by atoms with Gasteiger partial charge in [0.2, 0.25) is 0 Å². The summed E-state index contributed by atoms with van der Waals surface area (Å²) in [6.45, 7) is 6.43. The summed E-state index contributed by atoms with van der Waals surface area (Å²) < 4.78 is 10.9. The lowest BCUT2D eigenvalue weighted by Crippen LogP contribution is -3.15. The van der Waals surface area contributed by atoms with Crippen molar-refractivity contribution >= 4 is 11.6 Å². The number of aryl methyl sites for hydroxylation is 1. The predicted molar refractivity (Wildman–Crippen MR) is 74.1 cm³/mol. The Bertz CT molecular complexity index is 408. The van der Waals surface area contributed by atoms with Crippen molar-refractivity contribution in [3.63, 3.8) is 0 Å². The van der Waals surface area contributed by atoms with Crippen LogP contribution in [0.4, 0.5) is 0 Å². The molecule has 0 amide bonds. The molecule has 0 radical (unpaired) electrons. The van der Waals surface area contributed by atoms with Crippen molar-refractivity contribution in [1.82, 2.24) is 0 Å². The monoisotopic (exact) mass is 286 g/mol. The lowest BCUT2D eigenvalue weighted by atomic mass is 10.2. The van der Waals surface area contributed by atoms with Crippen molar-refractivity contribution in [2.24, 2.45) is 0 Å². The smallest absolute Gasteiger partial charge is 0.137 e. The molecule has 1 saturated heterocycles. The van der Waals surface area contributed by atoms with Gasteiger partial charge in [-0.15, -0.1) is 0 Å². The van der Waals surface area contributed by atoms with E-state index in [2.05, 4.69) is 0 Å². The first-order valence-electron chi connectivity index (χ1n) is 6.63. The molecule has 1 aromatic carbocycles. The van der Waals surface area contributed by atoms with Gasteiger partial charge in [-0.25, -0.2) is 0 Å². The zero-order chi connectivity index (χ0) is 13.7. The van der Waals surface area contributed by atoms with Crippen LogP contribution in [0.3, 0.4) is 0 Å². The fourth-order valence-electron chi connectivity index (χ4n) is 2.22. The first-order valence-corrected chi connectivity index (χ1v) is 7.01. The summed E-state index contributed by atoms with van der Waals surface area (Å²) in [5.41, 5.74) is 0.985. The molecule has 0 spiro atoms. The number of nitrogens with one attached hydrogen (secondary N) is 1. The van der Waals surface area contributed by atoms with E-state index in [1.54, 1.807) is 6.07 Å². The largest absolute Gasteiger partial charge is 0.490 e. The topological polar surface area (TPSA) is 43.1 Å². The Morgan fingerprint density at radius 3 is 2.84 bits per heavy atom. The van der Waals surface area contributed by atoms with Gasteiger partial charge < -0.3 is 19.5 Å². The van der Waals surface area contributed by atoms with E-state index in [1.807, 2.05) is 19.1 Å². The van der Waals surface area contributed by atoms with Crippen molar-refractivity contribution in [1.29, 1.82) is 0 Å². The van der Waals surface area contributed by atoms with Crippen LogP contribution >= 0.6 is 11.6 Å². The molecule has 1 aliphatic heterocycles. The van der Waals surface area contributed by atoms with Crippen LogP contribution in [0.15, 0.2) is 18.2 Å². The summed E-state index contributed by atoms with van der Waals surface area (Å²) in [4.78, 5) is 1.37. The number of quaternary nitrogens is 1. The minimum absolute atomic E-state index is 0.312. The minimum Gasteiger partial charge on any atom is -0.490 e. The van der Waals surface area contributed by atoms with Crippen LogP contribution in [0.1, 0.15) is 5.56 Å². The molecule has 2 N–H and O–H groups in total. The highest BCUT2D eigenvalue weighted by Crippen LogP contribution is 2.21. The zero-order valence-corrected chi connectivity index (χ0v) is 11.9. The standard InChI is InChI=1S/C14H20ClNO3/c1-11-8-12(15)2-3-14(11)19-10-13(17)9-16-4-6-18-7-5-16/h2-3,8,13,17H,4-7,9-10H2,1H3/p+1/t13-/m1/s1. The van der Waals surface area contributed by atoms with Gasteiger partial charge in [-0.1, -0.05) is 11.6 Å². The predicted octanol–water partition coefficient (Wildman–Crippen LogP) is 0.303. The number of ether oxygens (including phenoxy) is 2. The van der Waals surface area contributed by atoms with E-state index >= 15 is 0 Å². The second-order valence-electron chi connectivity index (χ2n) is 4.94. The molecule has 0 saturated carbocycles. The average molecular weight is 287 g/mol. The van der Waals surface area contributed by atoms with E-state index in [4.69, 9.17) is 21.1 Å². The van der Waals surface area contributed by atoms with Gasteiger partial charge in [-0.3, -0.25) is 0 Å². The van der Waals surface area contributed by atoms with Crippen LogP contribution in [0.5, 0.6) is 5.75 Å². The Morgan fingerprint density at radius 2 is 2.16 bits per heavy atom. The molecule has 4 nitrogen and oxygen atoms in total. The summed E-state index contributed by atoms with van der Waals surface area (Å²) in [6.07, 6.45) is -0.455. The van der Waals surface area contributed by atoms with E-state index in [0.29, 0.717) is 18.2 Å². The van der Waals surface area contributed by atoms with Crippen LogP contribution in [-0.2, 0) is 4.74 Å². The van der Waals surface area contributed by atoms with Gasteiger partial charge in [0.15, 0.2) is 0 Å². The SMILES string of the molecule is Cc1cc(Cl)ccc1OC[C@H](O)C[NH+]1CCOCC1. The lowest BCUT2D eigenvalue weighted by Gasteiger charge is -2.25. The maximum atomic E-state index is 10.00. The first kappa shape index (κ1) is 14.6. The van der Waals surface area contributed by atoms with E-state index in [9.17, 15) is 5.11 Å². The Balaban J connectivity index is 1.77. The number of hydrogen-bond donors (Lipinski definition) is 2. The third-order valence-electron chi connectivity index (χ3n) is 3.29. The quantitative estimate of drug-likeness (QED) is 0.818. The molecule has 1 heterocycles. The number of aliphatic hydroxyl groups excluding tert-OH is 1. The summed E-state index contributed by atoms with van der Waals surface area (Å²) in [6, 6.07) is 5.49. The Labute approximate surface area is 118 Å². The maximum absolute atomic E-state index is 10.00. The van der Waals surface area contributed by atoms with E-state index < -0.39 is 6.10 Å². The molecule has 5 heteroatoms. The summed E-state index contributed by atoms with van der Waals surface area (Å²) >= 11 is 5.89. The van der Waals surface area contributed by atoms with Crippen molar-refractivity contribution in [3.05, 3.63) is 28.8 Å². The molecule has 2 rings (SSSR count). The molecule has 106 valence electrons. The van der Waals surface area contributed by atoms with Crippen LogP contribution in [0, 0.1) is 6.92 Å². The number of rotatable bonds is 5. The molecule has 1 fully saturated rings. The Kier molecular flexibility index (Phi) is 5.45. The van der Waals surface area contributed by atoms with Gasteiger partial charge in [0.05, 0.1) is 13.2 Å². The van der Waals surface area contributed by atoms with Crippen molar-refractivity contribution in [3.8, 4) is 5.75 Å². The van der Waals surface area contributed by atoms with Crippen molar-refractivity contribution < 1.29 is 19.5 Å². The molecule has 0 bridgehead atoms. The highest BCUT2D eigenvalue weighted by molar-refractivity contribution is 6.30. The maximum Gasteiger partial charge on any atom is 0.137 e. The molecule has 0 unspecified atom stereocenters. The molecular weight excluding hydrogens is 266 g/mol. The van der Waals surface area contributed by atoms with Gasteiger partial charge in [-0.2, -0.15) is 0 Å². The number of morpholine rings is 1. The average Bonchev–Trinajstić information content (AvgIpc) is 2.39. The van der Waals surface area contributed by atoms with Crippen LogP contribution < -0.4 is 9.64 Å². The molecule has 0 aromatic heterocycles. The number of aliphatic hydroxyl groups is 1. The lowest BCUT2D eigenvalue weighted by molar-refractivity contribution is -0.911. The number of halogens is 1. The molecule has 19 heavy (non-hydrogen) atoms. The van der Waals surface area contributed by atoms with Crippen LogP contribution in [-0.4, -0.2) is 50.7 Å². The number of benzene rings is 1. The van der Waals surface area contributed by atoms with E-state index in [0.717, 1.165) is 37.6 Å². The second-order valence-corrected chi connectivity index (χ2v) is 5.38. The van der Waals surface area contributed by atoms with Gasteiger partial charge in [0.25, 0.3) is 0 Å². The van der Waals surface area contributed by atoms with Gasteiger partial charge >= 0.3 is 0 Å². The molecule has 1 aromatic rings. The zero-order valence-electron chi connectivity index (χ0n) is 11.2. The fourth-order valence-corrected chi connectivity index (χ4v) is 2.44. The van der Waals surface area contributed by atoms with Gasteiger partial charge in [-0.05, 0) is 30.7 Å². The normalized spacial score (nSPS) is 18.3. The van der Waals surface area contributed by atoms with Crippen molar-refractivity contribution in [2.75, 3.05) is 39.5 Å². The molecular formula is C14H21ClNO3+. The van der Waals surface area contributed by atoms with Crippen molar-refractivity contribution in [2.45, 2.75) is 13.0 Å². The number of hydrogen-bond acceptors (Lipinski definition) is 3. The van der Waals surface area contributed by atoms with E-state index in [1.165, 1.54) is 4.90 Å². The van der Waals surface area contributed by atoms with Crippen LogP contribution in [0.2, 0.25) is 5.02 Å². The third-order valence-corrected chi connectivity index (χ3v) is 3.53. The minimum atomic E-state index is -0.455. The Morgan fingerprint density at radius 1 is 1.42 bits per heavy atom. The van der Waals surface area contributed by atoms with Gasteiger partial charge in [0.1, 0.15) is 38.1 Å². The summed E-state index contributed by atoms with van der Waals surface area (Å²) in [5.74, 6) is 0.778. The van der Waals surface area contributed by atoms with Crippen LogP contribution in [0.25, 0.3) is 0 Å². The van der Waals surface area contributed by atoms with E-state index in [-0.39, 0.29) is 0 Å². The fraction of sp³-hybridized carbons (Fsp3) is 0.571. The summed E-state index contributed by atoms with van der Waals surface area (Å²) in [7, 11) is 0. The summed E-state index contributed by atoms with van der Waals surface area (Å²) in [5, 5.41) is 10.7. The highest BCUT2D eigenvalue weighted by atomic mass is 35.5. The van der Waals surface area contributed by atoms with Gasteiger partial charge in [0, 0.05) is 5.02 Å². The first-order chi connectivity index (χ1) is 9.15. The molecule has 0 aliphatic carbocycles.